The first-order valence-electron chi connectivity index (χ1n) is 9.99. The molecule has 1 atom stereocenters. The van der Waals surface area contributed by atoms with Crippen LogP contribution in [0, 0.1) is 0 Å². The predicted molar refractivity (Wildman–Crippen MR) is 119 cm³/mol. The molecule has 7 heteroatoms. The fraction of sp³-hybridized carbons (Fsp3) is 0.120. The van der Waals surface area contributed by atoms with E-state index >= 15 is 0 Å². The fourth-order valence-electron chi connectivity index (χ4n) is 3.38. The van der Waals surface area contributed by atoms with Crippen LogP contribution in [-0.2, 0) is 4.79 Å². The maximum Gasteiger partial charge on any atom is 0.258 e. The molecule has 0 spiro atoms. The standard InChI is InChI=1S/C25H21NO6/c27-14-19(16-7-3-1-4-8-16)26-24(30)15-31-18-11-20(28)25-21(29)13-22(32-23(25)12-18)17-9-5-2-6-10-17/h1-13,19,27-28H,14-15H2,(H,26,30)/t19-/m0/s1. The Balaban J connectivity index is 1.53. The first kappa shape index (κ1) is 21.1. The number of nitrogens with one attached hydrogen (secondary N) is 1. The van der Waals surface area contributed by atoms with Crippen LogP contribution in [0.5, 0.6) is 11.5 Å². The third-order valence-electron chi connectivity index (χ3n) is 4.93. The molecule has 7 nitrogen and oxygen atoms in total. The zero-order valence-electron chi connectivity index (χ0n) is 17.0. The van der Waals surface area contributed by atoms with Gasteiger partial charge < -0.3 is 24.7 Å². The van der Waals surface area contributed by atoms with Crippen molar-refractivity contribution in [3.05, 3.63) is 94.6 Å². The van der Waals surface area contributed by atoms with Gasteiger partial charge in [-0.25, -0.2) is 0 Å². The number of phenols is 1. The molecule has 0 saturated heterocycles. The number of aromatic hydroxyl groups is 1. The Morgan fingerprint density at radius 3 is 2.38 bits per heavy atom. The van der Waals surface area contributed by atoms with Gasteiger partial charge in [0.05, 0.1) is 12.6 Å². The number of benzene rings is 3. The molecule has 0 fully saturated rings. The van der Waals surface area contributed by atoms with Gasteiger partial charge in [0.25, 0.3) is 5.91 Å². The molecular weight excluding hydrogens is 410 g/mol. The molecule has 32 heavy (non-hydrogen) atoms. The highest BCUT2D eigenvalue weighted by atomic mass is 16.5. The fourth-order valence-corrected chi connectivity index (χ4v) is 3.38. The lowest BCUT2D eigenvalue weighted by Crippen LogP contribution is -2.34. The Labute approximate surface area is 183 Å². The summed E-state index contributed by atoms with van der Waals surface area (Å²) in [7, 11) is 0. The van der Waals surface area contributed by atoms with Gasteiger partial charge in [-0.3, -0.25) is 9.59 Å². The molecule has 1 amide bonds. The van der Waals surface area contributed by atoms with Crippen LogP contribution in [0.25, 0.3) is 22.3 Å². The van der Waals surface area contributed by atoms with Crippen LogP contribution in [0.15, 0.2) is 88.1 Å². The smallest absolute Gasteiger partial charge is 0.258 e. The van der Waals surface area contributed by atoms with Gasteiger partial charge >= 0.3 is 0 Å². The van der Waals surface area contributed by atoms with E-state index in [0.29, 0.717) is 11.3 Å². The third-order valence-corrected chi connectivity index (χ3v) is 4.93. The topological polar surface area (TPSA) is 109 Å². The normalized spacial score (nSPS) is 11.8. The molecular formula is C25H21NO6. The zero-order chi connectivity index (χ0) is 22.5. The third kappa shape index (κ3) is 4.63. The van der Waals surface area contributed by atoms with Crippen molar-refractivity contribution >= 4 is 16.9 Å². The van der Waals surface area contributed by atoms with Crippen molar-refractivity contribution in [1.29, 1.82) is 0 Å². The average molecular weight is 431 g/mol. The van der Waals surface area contributed by atoms with Crippen molar-refractivity contribution < 1.29 is 24.2 Å². The van der Waals surface area contributed by atoms with Crippen LogP contribution < -0.4 is 15.5 Å². The second-order valence-corrected chi connectivity index (χ2v) is 7.16. The summed E-state index contributed by atoms with van der Waals surface area (Å²) in [5.74, 6) is -0.236. The monoisotopic (exact) mass is 431 g/mol. The van der Waals surface area contributed by atoms with Gasteiger partial charge in [-0.15, -0.1) is 0 Å². The van der Waals surface area contributed by atoms with Crippen molar-refractivity contribution in [1.82, 2.24) is 5.32 Å². The van der Waals surface area contributed by atoms with E-state index in [0.717, 1.165) is 5.56 Å². The summed E-state index contributed by atoms with van der Waals surface area (Å²) < 4.78 is 11.3. The first-order chi connectivity index (χ1) is 15.5. The number of rotatable bonds is 7. The predicted octanol–water partition coefficient (Wildman–Crippen LogP) is 3.39. The minimum atomic E-state index is -0.566. The summed E-state index contributed by atoms with van der Waals surface area (Å²) in [6, 6.07) is 21.7. The lowest BCUT2D eigenvalue weighted by atomic mass is 10.1. The van der Waals surface area contributed by atoms with E-state index in [9.17, 15) is 19.8 Å². The van der Waals surface area contributed by atoms with Crippen LogP contribution >= 0.6 is 0 Å². The summed E-state index contributed by atoms with van der Waals surface area (Å²) >= 11 is 0. The Morgan fingerprint density at radius 2 is 1.69 bits per heavy atom. The van der Waals surface area contributed by atoms with Gasteiger partial charge in [-0.1, -0.05) is 60.7 Å². The quantitative estimate of drug-likeness (QED) is 0.414. The number of carbonyl (C=O) groups excluding carboxylic acids is 1. The molecule has 0 unspecified atom stereocenters. The summed E-state index contributed by atoms with van der Waals surface area (Å²) in [6.07, 6.45) is 0. The molecule has 4 aromatic rings. The Bertz CT molecular complexity index is 1280. The maximum absolute atomic E-state index is 12.5. The number of aliphatic hydroxyl groups excluding tert-OH is 1. The van der Waals surface area contributed by atoms with Crippen LogP contribution in [0.2, 0.25) is 0 Å². The molecule has 0 bridgehead atoms. The van der Waals surface area contributed by atoms with E-state index in [1.807, 2.05) is 36.4 Å². The van der Waals surface area contributed by atoms with Gasteiger partial charge in [0.15, 0.2) is 12.0 Å². The Hall–Kier alpha value is -4.10. The van der Waals surface area contributed by atoms with E-state index < -0.39 is 11.9 Å². The SMILES string of the molecule is O=C(COc1cc(O)c2c(=O)cc(-c3ccccc3)oc2c1)N[C@@H](CO)c1ccccc1. The summed E-state index contributed by atoms with van der Waals surface area (Å²) in [4.78, 5) is 24.8. The lowest BCUT2D eigenvalue weighted by molar-refractivity contribution is -0.124. The summed E-state index contributed by atoms with van der Waals surface area (Å²) in [5, 5.41) is 22.6. The van der Waals surface area contributed by atoms with E-state index in [1.165, 1.54) is 18.2 Å². The number of amides is 1. The second-order valence-electron chi connectivity index (χ2n) is 7.16. The van der Waals surface area contributed by atoms with Gasteiger partial charge in [-0.05, 0) is 5.56 Å². The highest BCUT2D eigenvalue weighted by molar-refractivity contribution is 5.86. The zero-order valence-corrected chi connectivity index (χ0v) is 17.0. The number of hydrogen-bond donors (Lipinski definition) is 3. The van der Waals surface area contributed by atoms with Crippen molar-refractivity contribution in [2.75, 3.05) is 13.2 Å². The molecule has 0 aliphatic heterocycles. The number of fused-ring (bicyclic) bond motifs is 1. The molecule has 3 N–H and O–H groups in total. The summed E-state index contributed by atoms with van der Waals surface area (Å²) in [6.45, 7) is -0.614. The van der Waals surface area contributed by atoms with Crippen molar-refractivity contribution in [2.24, 2.45) is 0 Å². The molecule has 1 aromatic heterocycles. The van der Waals surface area contributed by atoms with Gasteiger partial charge in [0, 0.05) is 23.8 Å². The average Bonchev–Trinajstić information content (AvgIpc) is 2.82. The molecule has 1 heterocycles. The largest absolute Gasteiger partial charge is 0.507 e. The van der Waals surface area contributed by atoms with E-state index in [4.69, 9.17) is 9.15 Å². The molecule has 0 aliphatic rings. The lowest BCUT2D eigenvalue weighted by Gasteiger charge is -2.17. The van der Waals surface area contributed by atoms with Crippen molar-refractivity contribution in [3.63, 3.8) is 0 Å². The number of aliphatic hydroxyl groups is 1. The van der Waals surface area contributed by atoms with Crippen LogP contribution in [0.3, 0.4) is 0 Å². The van der Waals surface area contributed by atoms with E-state index in [1.54, 1.807) is 24.3 Å². The Kier molecular flexibility index (Phi) is 6.19. The van der Waals surface area contributed by atoms with Crippen LogP contribution in [0.1, 0.15) is 11.6 Å². The van der Waals surface area contributed by atoms with Gasteiger partial charge in [0.1, 0.15) is 28.2 Å². The minimum absolute atomic E-state index is 0.0332. The molecule has 3 aromatic carbocycles. The van der Waals surface area contributed by atoms with Crippen molar-refractivity contribution in [3.8, 4) is 22.8 Å². The van der Waals surface area contributed by atoms with Gasteiger partial charge in [-0.2, -0.15) is 0 Å². The minimum Gasteiger partial charge on any atom is -0.507 e. The Morgan fingerprint density at radius 1 is 1.00 bits per heavy atom. The number of carbonyl (C=O) groups is 1. The number of phenolic OH excluding ortho intramolecular Hbond substituents is 1. The molecule has 0 saturated carbocycles. The molecule has 162 valence electrons. The summed E-state index contributed by atoms with van der Waals surface area (Å²) in [5.41, 5.74) is 1.24. The second kappa shape index (κ2) is 9.36. The van der Waals surface area contributed by atoms with Gasteiger partial charge in [0.2, 0.25) is 0 Å². The van der Waals surface area contributed by atoms with E-state index in [-0.39, 0.29) is 41.1 Å². The molecule has 0 aliphatic carbocycles. The first-order valence-corrected chi connectivity index (χ1v) is 9.99. The molecule has 0 radical (unpaired) electrons. The van der Waals surface area contributed by atoms with Crippen LogP contribution in [0.4, 0.5) is 0 Å². The highest BCUT2D eigenvalue weighted by Gasteiger charge is 2.16. The van der Waals surface area contributed by atoms with Crippen molar-refractivity contribution in [2.45, 2.75) is 6.04 Å². The maximum atomic E-state index is 12.5. The molecule has 4 rings (SSSR count). The van der Waals surface area contributed by atoms with Crippen LogP contribution in [-0.4, -0.2) is 29.3 Å². The van der Waals surface area contributed by atoms with E-state index in [2.05, 4.69) is 5.32 Å². The number of ether oxygens (including phenoxy) is 1. The number of hydrogen-bond acceptors (Lipinski definition) is 6. The highest BCUT2D eigenvalue weighted by Crippen LogP contribution is 2.31.